The topological polar surface area (TPSA) is 0 Å². The lowest BCUT2D eigenvalue weighted by molar-refractivity contribution is -0.0810. The highest BCUT2D eigenvalue weighted by molar-refractivity contribution is 8.48. The summed E-state index contributed by atoms with van der Waals surface area (Å²) in [6, 6.07) is -0.102. The first kappa shape index (κ1) is 30.3. The molecule has 0 unspecified atom stereocenters. The molecule has 0 nitrogen and oxygen atoms in total. The van der Waals surface area contributed by atoms with Gasteiger partial charge in [-0.15, -0.1) is 0 Å². The number of aryl methyl sites for hydroxylation is 2. The minimum absolute atomic E-state index is 0.0511. The molecule has 1 aromatic rings. The van der Waals surface area contributed by atoms with Crippen molar-refractivity contribution in [3.05, 3.63) is 47.6 Å². The molecule has 34 heavy (non-hydrogen) atoms. The van der Waals surface area contributed by atoms with Gasteiger partial charge in [-0.25, -0.2) is 0 Å². The molecule has 18 heteroatoms. The van der Waals surface area contributed by atoms with Gasteiger partial charge in [-0.2, -0.15) is 26.3 Å². The fourth-order valence-electron chi connectivity index (χ4n) is 2.80. The summed E-state index contributed by atoms with van der Waals surface area (Å²) in [5, 5.41) is 0. The van der Waals surface area contributed by atoms with Crippen LogP contribution in [0.25, 0.3) is 0 Å². The molecule has 0 fully saturated rings. The van der Waals surface area contributed by atoms with E-state index in [4.69, 9.17) is 0 Å². The van der Waals surface area contributed by atoms with Crippen molar-refractivity contribution < 1.29 is 65.2 Å². The highest BCUT2D eigenvalue weighted by atomic mass is 32.5. The molecule has 0 saturated carbocycles. The van der Waals surface area contributed by atoms with E-state index >= 15 is 0 Å². The second kappa shape index (κ2) is 7.39. The zero-order valence-corrected chi connectivity index (χ0v) is 17.8. The van der Waals surface area contributed by atoms with Gasteiger partial charge in [0, 0.05) is 12.2 Å². The molecule has 202 valence electrons. The Bertz CT molecular complexity index is 894. The first-order chi connectivity index (χ1) is 14.4. The van der Waals surface area contributed by atoms with Crippen LogP contribution in [-0.4, -0.2) is 12.4 Å². The van der Waals surface area contributed by atoms with Gasteiger partial charge in [0.05, 0.1) is 0 Å². The Hall–Kier alpha value is -1.72. The van der Waals surface area contributed by atoms with Gasteiger partial charge >= 0.3 is 32.8 Å². The van der Waals surface area contributed by atoms with E-state index in [9.17, 15) is 65.2 Å². The second-order valence-electron chi connectivity index (χ2n) is 6.95. The fraction of sp³-hybridized carbons (Fsp3) is 0.375. The minimum Gasteiger partial charge on any atom is -0.167 e. The molecule has 0 saturated heterocycles. The average molecular weight is 574 g/mol. The Morgan fingerprint density at radius 2 is 0.794 bits per heavy atom. The zero-order chi connectivity index (χ0) is 27.2. The van der Waals surface area contributed by atoms with Crippen molar-refractivity contribution in [2.75, 3.05) is 0 Å². The second-order valence-corrected chi connectivity index (χ2v) is 11.6. The van der Waals surface area contributed by atoms with Crippen LogP contribution in [0.3, 0.4) is 0 Å². The Kier molecular flexibility index (Phi) is 6.59. The fourth-order valence-corrected chi connectivity index (χ4v) is 6.03. The van der Waals surface area contributed by atoms with Crippen molar-refractivity contribution in [3.63, 3.8) is 0 Å². The monoisotopic (exact) mass is 574 g/mol. The summed E-state index contributed by atoms with van der Waals surface area (Å²) < 4.78 is 208. The molecule has 0 atom stereocenters. The first-order valence-corrected chi connectivity index (χ1v) is 12.4. The highest BCUT2D eigenvalue weighted by Gasteiger charge is 2.76. The van der Waals surface area contributed by atoms with Crippen molar-refractivity contribution in [1.29, 1.82) is 0 Å². The van der Waals surface area contributed by atoms with Gasteiger partial charge in [-0.1, -0.05) is 63.1 Å². The molecule has 1 aromatic carbocycles. The van der Waals surface area contributed by atoms with E-state index in [1.165, 1.54) is 0 Å². The molecule has 1 rings (SSSR count). The third-order valence-corrected chi connectivity index (χ3v) is 6.43. The number of halogens is 16. The third kappa shape index (κ3) is 9.87. The van der Waals surface area contributed by atoms with E-state index in [0.717, 1.165) is 0 Å². The van der Waals surface area contributed by atoms with Crippen molar-refractivity contribution in [2.45, 2.75) is 47.8 Å². The van der Waals surface area contributed by atoms with Gasteiger partial charge in [-0.3, -0.25) is 0 Å². The average Bonchev–Trinajstić information content (AvgIpc) is 2.49. The van der Waals surface area contributed by atoms with Crippen LogP contribution < -0.4 is 0 Å². The largest absolute Gasteiger partial charge is 0.409 e. The maximum absolute atomic E-state index is 13.6. The van der Waals surface area contributed by atoms with E-state index in [1.54, 1.807) is 0 Å². The van der Waals surface area contributed by atoms with Gasteiger partial charge in [0.25, 0.3) is 0 Å². The molecule has 0 bridgehead atoms. The molecule has 0 amide bonds. The first-order valence-electron chi connectivity index (χ1n) is 8.51. The summed E-state index contributed by atoms with van der Waals surface area (Å²) in [6.07, 6.45) is -16.5. The number of hydrogen-bond acceptors (Lipinski definition) is 0. The van der Waals surface area contributed by atoms with Crippen LogP contribution in [0.2, 0.25) is 0 Å². The van der Waals surface area contributed by atoms with Crippen LogP contribution in [0.1, 0.15) is 24.0 Å². The zero-order valence-electron chi connectivity index (χ0n) is 16.2. The van der Waals surface area contributed by atoms with Crippen LogP contribution in [0, 0.1) is 0 Å². The molecular formula is C16H14F16S2. The molecule has 0 aliphatic heterocycles. The van der Waals surface area contributed by atoms with Gasteiger partial charge in [0.15, 0.2) is 0 Å². The molecule has 0 N–H and O–H groups in total. The summed E-state index contributed by atoms with van der Waals surface area (Å²) in [5.74, 6) is 0. The Morgan fingerprint density at radius 3 is 1.00 bits per heavy atom. The lowest BCUT2D eigenvalue weighted by Gasteiger charge is -2.49. The quantitative estimate of drug-likeness (QED) is 0.214. The number of alkyl halides is 6. The van der Waals surface area contributed by atoms with Crippen molar-refractivity contribution >= 4 is 20.4 Å². The molecule has 0 radical (unpaired) electrons. The molecule has 0 aromatic heterocycles. The molecule has 0 heterocycles. The Morgan fingerprint density at radius 1 is 0.529 bits per heavy atom. The van der Waals surface area contributed by atoms with E-state index in [0.29, 0.717) is 0 Å². The van der Waals surface area contributed by atoms with Crippen molar-refractivity contribution in [3.8, 4) is 0 Å². The Labute approximate surface area is 181 Å². The van der Waals surface area contributed by atoms with Crippen LogP contribution in [0.15, 0.2) is 46.2 Å². The molecule has 0 aliphatic carbocycles. The predicted octanol–water partition coefficient (Wildman–Crippen LogP) is 11.1. The van der Waals surface area contributed by atoms with Crippen molar-refractivity contribution in [2.24, 2.45) is 0 Å². The SMILES string of the molecule is FC(F)(F)/C=C/CCc1ccc(CC/C=C/C(F)(F)F)c(S(F)(F)(F)(F)F)c1S(F)(F)(F)(F)F. The normalized spacial score (nSPS) is 18.6. The summed E-state index contributed by atoms with van der Waals surface area (Å²) in [7, 11) is -23.2. The Balaban J connectivity index is 3.83. The van der Waals surface area contributed by atoms with E-state index in [1.807, 2.05) is 0 Å². The number of rotatable bonds is 8. The highest BCUT2D eigenvalue weighted by Crippen LogP contribution is 3.10. The molecular weight excluding hydrogens is 560 g/mol. The minimum atomic E-state index is -11.6. The maximum Gasteiger partial charge on any atom is 0.409 e. The van der Waals surface area contributed by atoms with E-state index in [-0.39, 0.29) is 24.3 Å². The predicted molar refractivity (Wildman–Crippen MR) is 96.3 cm³/mol. The van der Waals surface area contributed by atoms with Crippen molar-refractivity contribution in [1.82, 2.24) is 0 Å². The third-order valence-electron chi connectivity index (χ3n) is 3.82. The lowest BCUT2D eigenvalue weighted by Crippen LogP contribution is -2.20. The number of hydrogen-bond donors (Lipinski definition) is 0. The van der Waals surface area contributed by atoms with Gasteiger partial charge in [0.2, 0.25) is 0 Å². The summed E-state index contributed by atoms with van der Waals surface area (Å²) >= 11 is 0. The molecule has 0 spiro atoms. The number of allylic oxidation sites excluding steroid dienone is 4. The standard InChI is InChI=1S/C16H14F16S2/c17-15(18,19)9-3-1-5-11-7-8-12(6-2-4-10-16(20,21)22)14(34(28,29,30,31)32)13(11)33(23,24,25,26)27/h3-4,7-10H,1-2,5-6H2/b9-3+,10-4+. The van der Waals surface area contributed by atoms with Gasteiger partial charge in [0.1, 0.15) is 9.79 Å². The van der Waals surface area contributed by atoms with Crippen LogP contribution in [0.4, 0.5) is 65.2 Å². The van der Waals surface area contributed by atoms with Crippen LogP contribution in [-0.2, 0) is 12.8 Å². The summed E-state index contributed by atoms with van der Waals surface area (Å²) in [4.78, 5) is -8.03. The number of benzene rings is 1. The smallest absolute Gasteiger partial charge is 0.167 e. The summed E-state index contributed by atoms with van der Waals surface area (Å²) in [6.45, 7) is 0. The van der Waals surface area contributed by atoms with E-state index in [2.05, 4.69) is 0 Å². The van der Waals surface area contributed by atoms with Gasteiger partial charge < -0.3 is 0 Å². The summed E-state index contributed by atoms with van der Waals surface area (Å²) in [5.41, 5.74) is -4.10. The lowest BCUT2D eigenvalue weighted by atomic mass is 10.0. The molecule has 0 aliphatic rings. The van der Waals surface area contributed by atoms with Crippen LogP contribution >= 0.6 is 20.4 Å². The van der Waals surface area contributed by atoms with E-state index < -0.39 is 91.6 Å². The van der Waals surface area contributed by atoms with Crippen LogP contribution in [0.5, 0.6) is 0 Å². The maximum atomic E-state index is 13.6. The van der Waals surface area contributed by atoms with Gasteiger partial charge in [-0.05, 0) is 36.8 Å².